The highest BCUT2D eigenvalue weighted by Crippen LogP contribution is 2.36. The maximum absolute atomic E-state index is 12.1. The highest BCUT2D eigenvalue weighted by Gasteiger charge is 2.20. The molecule has 1 aliphatic carbocycles. The van der Waals surface area contributed by atoms with Gasteiger partial charge in [0, 0.05) is 0 Å². The molecule has 1 aromatic carbocycles. The number of hydrogen-bond donors (Lipinski definition) is 0. The summed E-state index contributed by atoms with van der Waals surface area (Å²) in [5.41, 5.74) is 1.39. The van der Waals surface area contributed by atoms with E-state index in [9.17, 15) is 4.39 Å². The summed E-state index contributed by atoms with van der Waals surface area (Å²) in [5.74, 6) is 2.03. The summed E-state index contributed by atoms with van der Waals surface area (Å²) in [6.45, 7) is 2.89. The molecule has 0 saturated heterocycles. The lowest BCUT2D eigenvalue weighted by atomic mass is 9.79. The average Bonchev–Trinajstić information content (AvgIpc) is 2.47. The third-order valence-corrected chi connectivity index (χ3v) is 3.94. The van der Waals surface area contributed by atoms with E-state index >= 15 is 0 Å². The van der Waals surface area contributed by atoms with E-state index in [0.29, 0.717) is 18.2 Å². The molecule has 0 unspecified atom stereocenters. The van der Waals surface area contributed by atoms with Crippen LogP contribution in [0, 0.1) is 5.92 Å². The smallest absolute Gasteiger partial charge is 0.119 e. The Kier molecular flexibility index (Phi) is 5.44. The van der Waals surface area contributed by atoms with Gasteiger partial charge in [-0.3, -0.25) is 0 Å². The Morgan fingerprint density at radius 3 is 2.42 bits per heavy atom. The first-order chi connectivity index (χ1) is 9.33. The van der Waals surface area contributed by atoms with Gasteiger partial charge in [0.1, 0.15) is 5.75 Å². The van der Waals surface area contributed by atoms with E-state index in [1.807, 2.05) is 0 Å². The Morgan fingerprint density at radius 2 is 1.84 bits per heavy atom. The number of benzene rings is 1. The van der Waals surface area contributed by atoms with Crippen LogP contribution in [0.25, 0.3) is 0 Å². The van der Waals surface area contributed by atoms with Crippen LogP contribution in [0.5, 0.6) is 5.75 Å². The van der Waals surface area contributed by atoms with Gasteiger partial charge in [-0.1, -0.05) is 25.1 Å². The van der Waals surface area contributed by atoms with E-state index in [0.717, 1.165) is 44.5 Å². The summed E-state index contributed by atoms with van der Waals surface area (Å²) < 4.78 is 17.7. The first kappa shape index (κ1) is 14.1. The lowest BCUT2D eigenvalue weighted by molar-refractivity contribution is 0.317. The fraction of sp³-hybridized carbons (Fsp3) is 0.529. The molecule has 1 fully saturated rings. The molecule has 0 aliphatic heterocycles. The average molecular weight is 262 g/mol. The Balaban J connectivity index is 1.89. The Hall–Kier alpha value is -1.31. The second-order valence-corrected chi connectivity index (χ2v) is 5.35. The van der Waals surface area contributed by atoms with E-state index in [1.54, 1.807) is 6.08 Å². The van der Waals surface area contributed by atoms with Gasteiger partial charge in [0.25, 0.3) is 0 Å². The topological polar surface area (TPSA) is 9.23 Å². The lowest BCUT2D eigenvalue weighted by Crippen LogP contribution is -2.11. The summed E-state index contributed by atoms with van der Waals surface area (Å²) in [4.78, 5) is 0. The molecule has 0 heterocycles. The van der Waals surface area contributed by atoms with E-state index < -0.39 is 0 Å². The van der Waals surface area contributed by atoms with Crippen LogP contribution < -0.4 is 4.74 Å². The lowest BCUT2D eigenvalue weighted by Gasteiger charge is -2.26. The van der Waals surface area contributed by atoms with Gasteiger partial charge < -0.3 is 4.74 Å². The molecule has 2 rings (SSSR count). The van der Waals surface area contributed by atoms with Crippen molar-refractivity contribution in [2.75, 3.05) is 6.61 Å². The predicted molar refractivity (Wildman–Crippen MR) is 77.2 cm³/mol. The Morgan fingerprint density at radius 1 is 1.16 bits per heavy atom. The summed E-state index contributed by atoms with van der Waals surface area (Å²) in [7, 11) is 0. The maximum atomic E-state index is 12.1. The molecule has 1 saturated carbocycles. The van der Waals surface area contributed by atoms with Crippen molar-refractivity contribution in [3.8, 4) is 5.75 Å². The van der Waals surface area contributed by atoms with Gasteiger partial charge in [-0.2, -0.15) is 0 Å². The molecule has 2 heteroatoms. The molecule has 1 aromatic rings. The highest BCUT2D eigenvalue weighted by atomic mass is 19.1. The SMILES string of the molecule is CCCOc1ccc([C@H]2CC[C@H](C=CF)CC2)cc1. The van der Waals surface area contributed by atoms with Crippen molar-refractivity contribution in [1.82, 2.24) is 0 Å². The first-order valence-electron chi connectivity index (χ1n) is 7.33. The standard InChI is InChI=1S/C17H23FO/c1-2-13-19-17-9-7-16(8-10-17)15-5-3-14(4-6-15)11-12-18/h7-12,14-15H,2-6,13H2,1H3/t14-,15-. The molecule has 0 atom stereocenters. The molecular formula is C17H23FO. The van der Waals surface area contributed by atoms with Crippen LogP contribution in [-0.2, 0) is 0 Å². The van der Waals surface area contributed by atoms with Crippen LogP contribution in [0.4, 0.5) is 4.39 Å². The van der Waals surface area contributed by atoms with E-state index in [4.69, 9.17) is 4.74 Å². The van der Waals surface area contributed by atoms with Crippen molar-refractivity contribution in [3.05, 3.63) is 42.2 Å². The largest absolute Gasteiger partial charge is 0.494 e. The summed E-state index contributed by atoms with van der Waals surface area (Å²) in [5, 5.41) is 0. The number of hydrogen-bond acceptors (Lipinski definition) is 1. The van der Waals surface area contributed by atoms with Gasteiger partial charge in [-0.25, -0.2) is 4.39 Å². The van der Waals surface area contributed by atoms with Crippen molar-refractivity contribution in [2.45, 2.75) is 44.9 Å². The Bertz CT molecular complexity index is 388. The van der Waals surface area contributed by atoms with Crippen LogP contribution in [0.15, 0.2) is 36.7 Å². The number of allylic oxidation sites excluding steroid dienone is 1. The van der Waals surface area contributed by atoms with Gasteiger partial charge in [0.2, 0.25) is 0 Å². The van der Waals surface area contributed by atoms with Crippen LogP contribution in [0.3, 0.4) is 0 Å². The normalized spacial score (nSPS) is 23.7. The molecule has 1 nitrogen and oxygen atoms in total. The molecule has 0 spiro atoms. The minimum absolute atomic E-state index is 0.438. The number of rotatable bonds is 5. The first-order valence-corrected chi connectivity index (χ1v) is 7.33. The minimum atomic E-state index is 0.438. The summed E-state index contributed by atoms with van der Waals surface area (Å²) >= 11 is 0. The summed E-state index contributed by atoms with van der Waals surface area (Å²) in [6.07, 6.45) is 7.95. The van der Waals surface area contributed by atoms with Gasteiger partial charge in [-0.05, 0) is 61.6 Å². The van der Waals surface area contributed by atoms with E-state index in [2.05, 4.69) is 31.2 Å². The monoisotopic (exact) mass is 262 g/mol. The predicted octanol–water partition coefficient (Wildman–Crippen LogP) is 5.23. The van der Waals surface area contributed by atoms with Gasteiger partial charge in [0.05, 0.1) is 12.9 Å². The third kappa shape index (κ3) is 4.09. The molecule has 0 amide bonds. The molecule has 0 N–H and O–H groups in total. The fourth-order valence-corrected chi connectivity index (χ4v) is 2.80. The van der Waals surface area contributed by atoms with Crippen molar-refractivity contribution >= 4 is 0 Å². The van der Waals surface area contributed by atoms with Crippen molar-refractivity contribution in [2.24, 2.45) is 5.92 Å². The van der Waals surface area contributed by atoms with Crippen molar-refractivity contribution in [3.63, 3.8) is 0 Å². The maximum Gasteiger partial charge on any atom is 0.119 e. The van der Waals surface area contributed by atoms with Crippen LogP contribution >= 0.6 is 0 Å². The summed E-state index contributed by atoms with van der Waals surface area (Å²) in [6, 6.07) is 8.50. The molecule has 0 radical (unpaired) electrons. The zero-order chi connectivity index (χ0) is 13.5. The molecule has 0 aromatic heterocycles. The van der Waals surface area contributed by atoms with Crippen LogP contribution in [-0.4, -0.2) is 6.61 Å². The quantitative estimate of drug-likeness (QED) is 0.705. The molecular weight excluding hydrogens is 239 g/mol. The van der Waals surface area contributed by atoms with E-state index in [1.165, 1.54) is 5.56 Å². The molecule has 0 bridgehead atoms. The number of ether oxygens (including phenoxy) is 1. The highest BCUT2D eigenvalue weighted by molar-refractivity contribution is 5.29. The van der Waals surface area contributed by atoms with Crippen molar-refractivity contribution in [1.29, 1.82) is 0 Å². The third-order valence-electron chi connectivity index (χ3n) is 3.94. The Labute approximate surface area is 115 Å². The fourth-order valence-electron chi connectivity index (χ4n) is 2.80. The van der Waals surface area contributed by atoms with Gasteiger partial charge in [-0.15, -0.1) is 0 Å². The van der Waals surface area contributed by atoms with Crippen LogP contribution in [0.1, 0.15) is 50.5 Å². The van der Waals surface area contributed by atoms with Gasteiger partial charge >= 0.3 is 0 Å². The van der Waals surface area contributed by atoms with Crippen molar-refractivity contribution < 1.29 is 9.13 Å². The van der Waals surface area contributed by atoms with Gasteiger partial charge in [0.15, 0.2) is 0 Å². The molecule has 19 heavy (non-hydrogen) atoms. The zero-order valence-electron chi connectivity index (χ0n) is 11.6. The molecule has 1 aliphatic rings. The second-order valence-electron chi connectivity index (χ2n) is 5.35. The molecule has 104 valence electrons. The number of halogens is 1. The van der Waals surface area contributed by atoms with Crippen LogP contribution in [0.2, 0.25) is 0 Å². The zero-order valence-corrected chi connectivity index (χ0v) is 11.6. The minimum Gasteiger partial charge on any atom is -0.494 e. The van der Waals surface area contributed by atoms with E-state index in [-0.39, 0.29) is 0 Å². The second kappa shape index (κ2) is 7.32.